The van der Waals surface area contributed by atoms with E-state index in [4.69, 9.17) is 16.7 Å². The predicted molar refractivity (Wildman–Crippen MR) is 90.6 cm³/mol. The third-order valence-electron chi connectivity index (χ3n) is 3.92. The van der Waals surface area contributed by atoms with Crippen molar-refractivity contribution in [3.8, 4) is 0 Å². The number of carbonyl (C=O) groups is 1. The Morgan fingerprint density at radius 2 is 2.09 bits per heavy atom. The first-order valence-electron chi connectivity index (χ1n) is 7.64. The number of rotatable bonds is 8. The molecule has 23 heavy (non-hydrogen) atoms. The van der Waals surface area contributed by atoms with Crippen LogP contribution in [0.15, 0.2) is 30.3 Å². The minimum absolute atomic E-state index is 0.0619. The Morgan fingerprint density at radius 1 is 1.39 bits per heavy atom. The van der Waals surface area contributed by atoms with Gasteiger partial charge in [-0.3, -0.25) is 9.48 Å². The second kappa shape index (κ2) is 8.13. The number of aliphatic carboxylic acids is 1. The molecule has 6 heteroatoms. The SMILES string of the molecule is Cc1c(Cl)c(CNC(CCC(=O)O)Cc2ccccc2)nn1C. The third kappa shape index (κ3) is 5.08. The van der Waals surface area contributed by atoms with Crippen molar-refractivity contribution in [2.24, 2.45) is 7.05 Å². The van der Waals surface area contributed by atoms with Gasteiger partial charge in [-0.1, -0.05) is 41.9 Å². The molecule has 0 fully saturated rings. The van der Waals surface area contributed by atoms with E-state index in [0.29, 0.717) is 18.0 Å². The van der Waals surface area contributed by atoms with E-state index in [9.17, 15) is 4.79 Å². The van der Waals surface area contributed by atoms with Gasteiger partial charge in [0.2, 0.25) is 0 Å². The van der Waals surface area contributed by atoms with E-state index in [1.54, 1.807) is 4.68 Å². The number of aromatic nitrogens is 2. The molecule has 5 nitrogen and oxygen atoms in total. The molecule has 0 aliphatic rings. The summed E-state index contributed by atoms with van der Waals surface area (Å²) in [6.07, 6.45) is 1.48. The second-order valence-corrected chi connectivity index (χ2v) is 6.05. The van der Waals surface area contributed by atoms with Gasteiger partial charge < -0.3 is 10.4 Å². The smallest absolute Gasteiger partial charge is 0.303 e. The molecule has 1 unspecified atom stereocenters. The van der Waals surface area contributed by atoms with Crippen LogP contribution < -0.4 is 5.32 Å². The molecule has 0 bridgehead atoms. The number of hydrogen-bond acceptors (Lipinski definition) is 3. The van der Waals surface area contributed by atoms with E-state index in [2.05, 4.69) is 10.4 Å². The van der Waals surface area contributed by atoms with Crippen molar-refractivity contribution < 1.29 is 9.90 Å². The van der Waals surface area contributed by atoms with Crippen LogP contribution in [-0.4, -0.2) is 26.9 Å². The Bertz CT molecular complexity index is 655. The molecule has 0 saturated heterocycles. The number of benzene rings is 1. The van der Waals surface area contributed by atoms with E-state index in [1.807, 2.05) is 44.3 Å². The lowest BCUT2D eigenvalue weighted by molar-refractivity contribution is -0.137. The molecule has 0 aliphatic heterocycles. The van der Waals surface area contributed by atoms with Crippen LogP contribution in [0.25, 0.3) is 0 Å². The van der Waals surface area contributed by atoms with E-state index in [0.717, 1.165) is 17.8 Å². The van der Waals surface area contributed by atoms with Gasteiger partial charge in [-0.2, -0.15) is 5.10 Å². The predicted octanol–water partition coefficient (Wildman–Crippen LogP) is 2.95. The highest BCUT2D eigenvalue weighted by Crippen LogP contribution is 2.19. The molecule has 1 aromatic heterocycles. The summed E-state index contributed by atoms with van der Waals surface area (Å²) in [6.45, 7) is 2.45. The zero-order valence-electron chi connectivity index (χ0n) is 13.4. The fourth-order valence-corrected chi connectivity index (χ4v) is 2.70. The van der Waals surface area contributed by atoms with Crippen molar-refractivity contribution in [3.05, 3.63) is 52.3 Å². The van der Waals surface area contributed by atoms with Crippen LogP contribution in [0.5, 0.6) is 0 Å². The molecule has 0 aliphatic carbocycles. The first-order chi connectivity index (χ1) is 11.0. The molecule has 2 rings (SSSR count). The summed E-state index contributed by atoms with van der Waals surface area (Å²) in [5.41, 5.74) is 2.90. The average molecular weight is 336 g/mol. The lowest BCUT2D eigenvalue weighted by atomic mass is 10.0. The summed E-state index contributed by atoms with van der Waals surface area (Å²) in [5, 5.41) is 17.4. The van der Waals surface area contributed by atoms with E-state index >= 15 is 0 Å². The fourth-order valence-electron chi connectivity index (χ4n) is 2.48. The maximum absolute atomic E-state index is 10.9. The van der Waals surface area contributed by atoms with Gasteiger partial charge in [-0.05, 0) is 25.3 Å². The molecule has 1 aromatic carbocycles. The molecule has 2 aromatic rings. The third-order valence-corrected chi connectivity index (χ3v) is 4.41. The number of aryl methyl sites for hydroxylation is 1. The van der Waals surface area contributed by atoms with Crippen LogP contribution in [0, 0.1) is 6.92 Å². The largest absolute Gasteiger partial charge is 0.481 e. The standard InChI is InChI=1S/C17H22ClN3O2/c1-12-17(18)15(20-21(12)2)11-19-14(8-9-16(22)23)10-13-6-4-3-5-7-13/h3-7,14,19H,8-11H2,1-2H3,(H,22,23). The van der Waals surface area contributed by atoms with Gasteiger partial charge in [0.15, 0.2) is 0 Å². The van der Waals surface area contributed by atoms with Crippen molar-refractivity contribution in [1.82, 2.24) is 15.1 Å². The Balaban J connectivity index is 2.01. The zero-order chi connectivity index (χ0) is 16.8. The normalized spacial score (nSPS) is 12.3. The maximum Gasteiger partial charge on any atom is 0.303 e. The van der Waals surface area contributed by atoms with Crippen molar-refractivity contribution in [2.45, 2.75) is 38.8 Å². The van der Waals surface area contributed by atoms with Crippen LogP contribution in [0.2, 0.25) is 5.02 Å². The minimum atomic E-state index is -0.781. The summed E-state index contributed by atoms with van der Waals surface area (Å²) in [7, 11) is 1.86. The second-order valence-electron chi connectivity index (χ2n) is 5.67. The number of hydrogen-bond donors (Lipinski definition) is 2. The topological polar surface area (TPSA) is 67.2 Å². The molecular formula is C17H22ClN3O2. The summed E-state index contributed by atoms with van der Waals surface area (Å²) in [4.78, 5) is 10.9. The first-order valence-corrected chi connectivity index (χ1v) is 8.02. The Labute approximate surface area is 141 Å². The summed E-state index contributed by atoms with van der Waals surface area (Å²) in [6, 6.07) is 10.1. The monoisotopic (exact) mass is 335 g/mol. The van der Waals surface area contributed by atoms with Gasteiger partial charge >= 0.3 is 5.97 Å². The average Bonchev–Trinajstić information content (AvgIpc) is 2.78. The Morgan fingerprint density at radius 3 is 2.65 bits per heavy atom. The van der Waals surface area contributed by atoms with E-state index in [-0.39, 0.29) is 12.5 Å². The van der Waals surface area contributed by atoms with Gasteiger partial charge in [0, 0.05) is 26.1 Å². The van der Waals surface area contributed by atoms with E-state index < -0.39 is 5.97 Å². The molecule has 0 amide bonds. The number of nitrogens with one attached hydrogen (secondary N) is 1. The van der Waals surface area contributed by atoms with Crippen LogP contribution in [0.4, 0.5) is 0 Å². The molecule has 0 spiro atoms. The van der Waals surface area contributed by atoms with Crippen LogP contribution in [-0.2, 0) is 24.8 Å². The summed E-state index contributed by atoms with van der Waals surface area (Å²) >= 11 is 6.27. The summed E-state index contributed by atoms with van der Waals surface area (Å²) in [5.74, 6) is -0.781. The Hall–Kier alpha value is -1.85. The number of carboxylic acid groups (broad SMARTS) is 1. The highest BCUT2D eigenvalue weighted by Gasteiger charge is 2.15. The van der Waals surface area contributed by atoms with Crippen LogP contribution >= 0.6 is 11.6 Å². The minimum Gasteiger partial charge on any atom is -0.481 e. The molecular weight excluding hydrogens is 314 g/mol. The van der Waals surface area contributed by atoms with Gasteiger partial charge in [0.25, 0.3) is 0 Å². The number of halogens is 1. The number of carboxylic acids is 1. The molecule has 0 radical (unpaired) electrons. The molecule has 0 saturated carbocycles. The van der Waals surface area contributed by atoms with Crippen molar-refractivity contribution in [2.75, 3.05) is 0 Å². The number of nitrogens with zero attached hydrogens (tertiary/aromatic N) is 2. The van der Waals surface area contributed by atoms with Gasteiger partial charge in [-0.25, -0.2) is 0 Å². The zero-order valence-corrected chi connectivity index (χ0v) is 14.2. The molecule has 1 heterocycles. The van der Waals surface area contributed by atoms with Gasteiger partial charge in [0.1, 0.15) is 0 Å². The lowest BCUT2D eigenvalue weighted by Gasteiger charge is -2.17. The maximum atomic E-state index is 10.9. The molecule has 124 valence electrons. The van der Waals surface area contributed by atoms with Gasteiger partial charge in [-0.15, -0.1) is 0 Å². The van der Waals surface area contributed by atoms with Crippen LogP contribution in [0.1, 0.15) is 29.8 Å². The molecule has 1 atom stereocenters. The van der Waals surface area contributed by atoms with E-state index in [1.165, 1.54) is 5.56 Å². The quantitative estimate of drug-likeness (QED) is 0.778. The lowest BCUT2D eigenvalue weighted by Crippen LogP contribution is -2.31. The summed E-state index contributed by atoms with van der Waals surface area (Å²) < 4.78 is 1.75. The van der Waals surface area contributed by atoms with Crippen LogP contribution in [0.3, 0.4) is 0 Å². The van der Waals surface area contributed by atoms with Gasteiger partial charge in [0.05, 0.1) is 16.4 Å². The molecule has 2 N–H and O–H groups in total. The van der Waals surface area contributed by atoms with Crippen molar-refractivity contribution in [1.29, 1.82) is 0 Å². The van der Waals surface area contributed by atoms with Crippen molar-refractivity contribution in [3.63, 3.8) is 0 Å². The highest BCUT2D eigenvalue weighted by molar-refractivity contribution is 6.31. The first kappa shape index (κ1) is 17.5. The Kier molecular flexibility index (Phi) is 6.19. The fraction of sp³-hybridized carbons (Fsp3) is 0.412. The van der Waals surface area contributed by atoms with Crippen molar-refractivity contribution >= 4 is 17.6 Å². The highest BCUT2D eigenvalue weighted by atomic mass is 35.5.